The lowest BCUT2D eigenvalue weighted by molar-refractivity contribution is 0.165. The number of hydrogen-bond donors (Lipinski definition) is 2. The summed E-state index contributed by atoms with van der Waals surface area (Å²) in [6, 6.07) is 2.96. The Labute approximate surface area is 150 Å². The highest BCUT2D eigenvalue weighted by Crippen LogP contribution is 2.32. The molecule has 3 aliphatic carbocycles. The fraction of sp³-hybridized carbons (Fsp3) is 1.00. The molecule has 0 aromatic heterocycles. The van der Waals surface area contributed by atoms with E-state index < -0.39 is 0 Å². The molecule has 0 heterocycles. The molecular formula is C22H42N2. The van der Waals surface area contributed by atoms with Crippen molar-refractivity contribution in [1.82, 2.24) is 10.6 Å². The molecule has 0 bridgehead atoms. The topological polar surface area (TPSA) is 24.1 Å². The summed E-state index contributed by atoms with van der Waals surface area (Å²) in [6.07, 6.45) is 14.1. The third-order valence-electron chi connectivity index (χ3n) is 7.02. The van der Waals surface area contributed by atoms with Crippen LogP contribution in [0.4, 0.5) is 0 Å². The maximum Gasteiger partial charge on any atom is 0.0223 e. The maximum absolute atomic E-state index is 4.12. The van der Waals surface area contributed by atoms with Gasteiger partial charge in [0.05, 0.1) is 0 Å². The van der Waals surface area contributed by atoms with Crippen molar-refractivity contribution in [3.8, 4) is 0 Å². The monoisotopic (exact) mass is 334 g/mol. The van der Waals surface area contributed by atoms with Gasteiger partial charge in [0.25, 0.3) is 0 Å². The molecule has 0 aromatic carbocycles. The van der Waals surface area contributed by atoms with Crippen molar-refractivity contribution in [2.45, 2.75) is 116 Å². The molecule has 2 nitrogen and oxygen atoms in total. The second-order valence-corrected chi connectivity index (χ2v) is 10.1. The summed E-state index contributed by atoms with van der Waals surface area (Å²) in [6.45, 7) is 9.80. The third-order valence-corrected chi connectivity index (χ3v) is 7.02. The average Bonchev–Trinajstić information content (AvgIpc) is 2.47. The second kappa shape index (κ2) is 8.54. The van der Waals surface area contributed by atoms with Crippen LogP contribution in [-0.2, 0) is 0 Å². The van der Waals surface area contributed by atoms with Gasteiger partial charge in [-0.25, -0.2) is 0 Å². The largest absolute Gasteiger partial charge is 0.310 e. The van der Waals surface area contributed by atoms with Crippen molar-refractivity contribution in [2.24, 2.45) is 23.7 Å². The van der Waals surface area contributed by atoms with Gasteiger partial charge in [-0.2, -0.15) is 0 Å². The molecule has 2 heteroatoms. The highest BCUT2D eigenvalue weighted by atomic mass is 15.1. The van der Waals surface area contributed by atoms with Crippen LogP contribution in [0.2, 0.25) is 0 Å². The molecule has 0 aromatic rings. The van der Waals surface area contributed by atoms with Gasteiger partial charge in [-0.05, 0) is 75.0 Å². The lowest BCUT2D eigenvalue weighted by Crippen LogP contribution is -2.56. The van der Waals surface area contributed by atoms with Gasteiger partial charge in [0.15, 0.2) is 0 Å². The molecule has 3 aliphatic rings. The fourth-order valence-electron chi connectivity index (χ4n) is 6.30. The van der Waals surface area contributed by atoms with Crippen LogP contribution in [0.1, 0.15) is 91.9 Å². The van der Waals surface area contributed by atoms with E-state index in [1.54, 1.807) is 0 Å². The molecule has 3 saturated carbocycles. The molecule has 0 spiro atoms. The van der Waals surface area contributed by atoms with Crippen molar-refractivity contribution in [1.29, 1.82) is 0 Å². The summed E-state index contributed by atoms with van der Waals surface area (Å²) in [7, 11) is 0. The molecular weight excluding hydrogens is 292 g/mol. The number of nitrogens with one attached hydrogen (secondary N) is 2. The Hall–Kier alpha value is -0.0800. The van der Waals surface area contributed by atoms with Crippen LogP contribution >= 0.6 is 0 Å². The molecule has 0 saturated heterocycles. The Morgan fingerprint density at radius 2 is 0.833 bits per heavy atom. The average molecular weight is 335 g/mol. The Balaban J connectivity index is 1.55. The zero-order valence-corrected chi connectivity index (χ0v) is 16.7. The van der Waals surface area contributed by atoms with Gasteiger partial charge in [0.1, 0.15) is 0 Å². The summed E-state index contributed by atoms with van der Waals surface area (Å²) >= 11 is 0. The molecule has 0 radical (unpaired) electrons. The first-order valence-corrected chi connectivity index (χ1v) is 11.0. The van der Waals surface area contributed by atoms with Crippen molar-refractivity contribution >= 4 is 0 Å². The van der Waals surface area contributed by atoms with Gasteiger partial charge in [0.2, 0.25) is 0 Å². The van der Waals surface area contributed by atoms with Crippen LogP contribution in [0.3, 0.4) is 0 Å². The van der Waals surface area contributed by atoms with Crippen molar-refractivity contribution in [3.05, 3.63) is 0 Å². The first-order chi connectivity index (χ1) is 11.5. The summed E-state index contributed by atoms with van der Waals surface area (Å²) in [5.74, 6) is 3.62. The van der Waals surface area contributed by atoms with Crippen molar-refractivity contribution in [2.75, 3.05) is 0 Å². The minimum atomic E-state index is 0.716. The Kier molecular flexibility index (Phi) is 6.65. The van der Waals surface area contributed by atoms with E-state index in [4.69, 9.17) is 0 Å². The molecule has 2 N–H and O–H groups in total. The number of hydrogen-bond acceptors (Lipinski definition) is 2. The van der Waals surface area contributed by atoms with E-state index in [1.165, 1.54) is 64.2 Å². The van der Waals surface area contributed by atoms with Crippen molar-refractivity contribution in [3.63, 3.8) is 0 Å². The Bertz CT molecular complexity index is 326. The van der Waals surface area contributed by atoms with Crippen LogP contribution in [0.25, 0.3) is 0 Å². The van der Waals surface area contributed by atoms with Crippen LogP contribution in [-0.4, -0.2) is 24.2 Å². The highest BCUT2D eigenvalue weighted by Gasteiger charge is 2.33. The Morgan fingerprint density at radius 1 is 0.500 bits per heavy atom. The molecule has 6 unspecified atom stereocenters. The molecule has 6 atom stereocenters. The minimum absolute atomic E-state index is 0.716. The molecule has 3 fully saturated rings. The van der Waals surface area contributed by atoms with Gasteiger partial charge < -0.3 is 10.6 Å². The molecule has 3 rings (SSSR count). The van der Waals surface area contributed by atoms with Crippen molar-refractivity contribution < 1.29 is 0 Å². The zero-order valence-electron chi connectivity index (χ0n) is 16.7. The molecule has 24 heavy (non-hydrogen) atoms. The Morgan fingerprint density at radius 3 is 1.17 bits per heavy atom. The van der Waals surface area contributed by atoms with Gasteiger partial charge in [-0.3, -0.25) is 0 Å². The number of rotatable bonds is 4. The van der Waals surface area contributed by atoms with E-state index in [1.807, 2.05) is 0 Å². The maximum atomic E-state index is 4.12. The lowest BCUT2D eigenvalue weighted by atomic mass is 9.78. The first kappa shape index (κ1) is 18.7. The molecule has 0 amide bonds. The normalized spacial score (nSPS) is 47.5. The lowest BCUT2D eigenvalue weighted by Gasteiger charge is -2.42. The van der Waals surface area contributed by atoms with E-state index in [-0.39, 0.29) is 0 Å². The van der Waals surface area contributed by atoms with Crippen LogP contribution in [0.15, 0.2) is 0 Å². The third kappa shape index (κ3) is 5.21. The standard InChI is InChI=1S/C22H42N2/c1-15-9-16(2)12-19(11-15)23-21-7-5-6-8-22(21)24-20-13-17(3)10-18(4)14-20/h15-24H,5-14H2,1-4H3. The van der Waals surface area contributed by atoms with Gasteiger partial charge in [-0.1, -0.05) is 40.5 Å². The predicted molar refractivity (Wildman–Crippen MR) is 104 cm³/mol. The summed E-state index contributed by atoms with van der Waals surface area (Å²) in [5, 5.41) is 8.24. The van der Waals surface area contributed by atoms with Crippen LogP contribution in [0, 0.1) is 23.7 Å². The van der Waals surface area contributed by atoms with Crippen LogP contribution < -0.4 is 10.6 Å². The smallest absolute Gasteiger partial charge is 0.0223 e. The SMILES string of the molecule is CC1CC(C)CC(NC2CCCCC2NC2CC(C)CC(C)C2)C1. The summed E-state index contributed by atoms with van der Waals surface area (Å²) in [4.78, 5) is 0. The predicted octanol–water partition coefficient (Wildman–Crippen LogP) is 5.13. The van der Waals surface area contributed by atoms with E-state index >= 15 is 0 Å². The van der Waals surface area contributed by atoms with E-state index in [2.05, 4.69) is 38.3 Å². The quantitative estimate of drug-likeness (QED) is 0.745. The van der Waals surface area contributed by atoms with E-state index in [0.717, 1.165) is 35.8 Å². The van der Waals surface area contributed by atoms with Gasteiger partial charge >= 0.3 is 0 Å². The van der Waals surface area contributed by atoms with E-state index in [0.29, 0.717) is 12.1 Å². The second-order valence-electron chi connectivity index (χ2n) is 10.1. The zero-order chi connectivity index (χ0) is 17.1. The van der Waals surface area contributed by atoms with E-state index in [9.17, 15) is 0 Å². The van der Waals surface area contributed by atoms with Crippen LogP contribution in [0.5, 0.6) is 0 Å². The minimum Gasteiger partial charge on any atom is -0.310 e. The molecule has 140 valence electrons. The van der Waals surface area contributed by atoms with Gasteiger partial charge in [-0.15, -0.1) is 0 Å². The highest BCUT2D eigenvalue weighted by molar-refractivity contribution is 4.93. The fourth-order valence-corrected chi connectivity index (χ4v) is 6.30. The first-order valence-electron chi connectivity index (χ1n) is 11.0. The molecule has 0 aliphatic heterocycles. The summed E-state index contributed by atoms with van der Waals surface area (Å²) in [5.41, 5.74) is 0. The summed E-state index contributed by atoms with van der Waals surface area (Å²) < 4.78 is 0. The van der Waals surface area contributed by atoms with Gasteiger partial charge in [0, 0.05) is 24.2 Å².